The number of likely N-dealkylation sites (tertiary alicyclic amines) is 2. The molecule has 0 spiro atoms. The molecule has 4 N–H and O–H groups in total. The molecule has 25 nitrogen and oxygen atoms in total. The molecule has 11 heterocycles. The summed E-state index contributed by atoms with van der Waals surface area (Å²) in [6, 6.07) is 35.9. The molecule has 0 bridgehead atoms. The molecule has 121 heavy (non-hydrogen) atoms. The van der Waals surface area contributed by atoms with Crippen molar-refractivity contribution in [1.29, 1.82) is 0 Å². The van der Waals surface area contributed by atoms with E-state index in [9.17, 15) is 17.6 Å². The van der Waals surface area contributed by atoms with Crippen LogP contribution in [0.2, 0.25) is 0 Å². The number of piperidine rings is 1. The van der Waals surface area contributed by atoms with Crippen LogP contribution in [0.1, 0.15) is 80.0 Å². The van der Waals surface area contributed by atoms with Gasteiger partial charge in [-0.2, -0.15) is 0 Å². The predicted octanol–water partition coefficient (Wildman–Crippen LogP) is 16.8. The fourth-order valence-electron chi connectivity index (χ4n) is 15.8. The minimum atomic E-state index is -0.296. The van der Waals surface area contributed by atoms with Crippen molar-refractivity contribution in [3.8, 4) is 46.0 Å². The molecule has 3 saturated heterocycles. The first kappa shape index (κ1) is 82.9. The van der Waals surface area contributed by atoms with E-state index >= 15 is 0 Å². The lowest BCUT2D eigenvalue weighted by Crippen LogP contribution is -2.45. The second kappa shape index (κ2) is 38.3. The monoisotopic (exact) mass is 1650 g/mol. The molecule has 19 rings (SSSR count). The second-order valence-corrected chi connectivity index (χ2v) is 32.2. The predicted molar refractivity (Wildman–Crippen MR) is 462 cm³/mol. The summed E-state index contributed by atoms with van der Waals surface area (Å²) >= 11 is 0. The zero-order valence-electron chi connectivity index (χ0n) is 69.4. The Bertz CT molecular complexity index is 5640. The largest absolute Gasteiger partial charge is 0.486 e. The number of halogens is 4. The minimum absolute atomic E-state index is 0.00757. The van der Waals surface area contributed by atoms with Gasteiger partial charge in [0.2, 0.25) is 0 Å². The lowest BCUT2D eigenvalue weighted by Gasteiger charge is -2.34. The number of hydrogen-bond donors (Lipinski definition) is 4. The van der Waals surface area contributed by atoms with Crippen molar-refractivity contribution < 1.29 is 55.5 Å². The minimum Gasteiger partial charge on any atom is -0.486 e. The highest BCUT2D eigenvalue weighted by Crippen LogP contribution is 2.44. The lowest BCUT2D eigenvalue weighted by atomic mass is 10.1. The molecule has 0 saturated carbocycles. The smallest absolute Gasteiger partial charge is 0.163 e. The first-order chi connectivity index (χ1) is 58.9. The Kier molecular flexibility index (Phi) is 26.3. The van der Waals surface area contributed by atoms with Crippen LogP contribution in [0.25, 0.3) is 43.6 Å². The maximum absolute atomic E-state index is 14.5. The van der Waals surface area contributed by atoms with E-state index < -0.39 is 0 Å². The number of benzene rings is 8. The highest BCUT2D eigenvalue weighted by molar-refractivity contribution is 5.96. The standard InChI is InChI=1S/C24H28FN5O2.C24H27FN4O2.C23H25FN4O2.C21H23FN4O2/c1-16-4-3-5-19(23(16)25)28-24-18-12-21-22(13-20(18)26-15-27-24)32-17(14-31-21)6-7-30-10-8-29(2)9-11-30;1-16-6-5-7-19(23(16)25)28-24-18-12-21-22(13-20(18)26-15-27-24)31-17(14-30-21)8-11-29-9-3-2-4-10-29;1-15-5-4-6-18(22(15)24)27-23-17-11-20-21(12-19(17)25-14-26-23)30-16(13-29-20)7-10-28-8-2-3-9-28;1-13-5-4-6-16(20(13)22)25-21-15-9-18-19(10-17(15)23-12-24-21)28-14(11-27-18)7-8-26(2)3/h3-5,12-13,15,17H,6-11,14H2,1-2H3,(H,26,27,28);5-7,12-13,15,17H,2-4,8-11,14H2,1H3,(H,26,27,28);4-6,11-12,14,16H,2-3,7-10,13H2,1H3,(H,25,26,27);4-6,9-10,12,14H,7-8,11H2,1-3H3,(H,23,24,25). The van der Waals surface area contributed by atoms with Crippen LogP contribution < -0.4 is 59.2 Å². The summed E-state index contributed by atoms with van der Waals surface area (Å²) in [6.07, 6.45) is 16.2. The molecule has 0 amide bonds. The Hall–Kier alpha value is -11.8. The van der Waals surface area contributed by atoms with Crippen molar-refractivity contribution in [2.24, 2.45) is 0 Å². The molecular formula is C92H103F4N17O8. The molecule has 4 aromatic heterocycles. The maximum Gasteiger partial charge on any atom is 0.163 e. The van der Waals surface area contributed by atoms with E-state index in [0.717, 1.165) is 116 Å². The van der Waals surface area contributed by atoms with Gasteiger partial charge in [0.05, 0.1) is 44.8 Å². The first-order valence-electron chi connectivity index (χ1n) is 41.8. The molecule has 8 aromatic carbocycles. The van der Waals surface area contributed by atoms with Crippen LogP contribution in [-0.2, 0) is 0 Å². The summed E-state index contributed by atoms with van der Waals surface area (Å²) in [4.78, 5) is 46.7. The number of hydrogen-bond acceptors (Lipinski definition) is 25. The third-order valence-electron chi connectivity index (χ3n) is 22.9. The van der Waals surface area contributed by atoms with Gasteiger partial charge in [-0.25, -0.2) is 57.4 Å². The molecule has 0 radical (unpaired) electrons. The highest BCUT2D eigenvalue weighted by Gasteiger charge is 2.30. The van der Waals surface area contributed by atoms with Crippen LogP contribution in [0.3, 0.4) is 0 Å². The molecule has 4 unspecified atom stereocenters. The fraction of sp³-hybridized carbons (Fsp3) is 0.391. The molecule has 7 aliphatic heterocycles. The van der Waals surface area contributed by atoms with E-state index in [1.165, 1.54) is 83.6 Å². The second-order valence-electron chi connectivity index (χ2n) is 32.2. The van der Waals surface area contributed by atoms with Gasteiger partial charge in [-0.3, -0.25) is 0 Å². The number of aromatic nitrogens is 8. The van der Waals surface area contributed by atoms with E-state index in [0.29, 0.717) is 146 Å². The Morgan fingerprint density at radius 2 is 0.612 bits per heavy atom. The lowest BCUT2D eigenvalue weighted by molar-refractivity contribution is 0.0679. The quantitative estimate of drug-likeness (QED) is 0.0518. The third kappa shape index (κ3) is 20.3. The molecule has 632 valence electrons. The Balaban J connectivity index is 0.000000120. The van der Waals surface area contributed by atoms with Gasteiger partial charge in [-0.15, -0.1) is 0 Å². The summed E-state index contributed by atoms with van der Waals surface area (Å²) in [7, 11) is 6.24. The van der Waals surface area contributed by atoms with Crippen molar-refractivity contribution in [3.63, 3.8) is 0 Å². The molecule has 3 fully saturated rings. The number of rotatable bonds is 20. The van der Waals surface area contributed by atoms with Crippen LogP contribution in [0.4, 0.5) is 63.6 Å². The van der Waals surface area contributed by atoms with Gasteiger partial charge in [0.15, 0.2) is 46.0 Å². The van der Waals surface area contributed by atoms with Crippen molar-refractivity contribution >= 4 is 89.6 Å². The number of likely N-dealkylation sites (N-methyl/N-ethyl adjacent to an activating group) is 1. The third-order valence-corrected chi connectivity index (χ3v) is 22.9. The van der Waals surface area contributed by atoms with Crippen molar-refractivity contribution in [2.45, 2.75) is 110 Å². The molecular weight excluding hydrogens is 1550 g/mol. The van der Waals surface area contributed by atoms with E-state index in [1.807, 2.05) is 80.8 Å². The molecule has 4 atom stereocenters. The van der Waals surface area contributed by atoms with Crippen LogP contribution >= 0.6 is 0 Å². The SMILES string of the molecule is Cc1cccc(Nc2ncnc3cc4c(cc23)OCC(CCN(C)C)O4)c1F.Cc1cccc(Nc2ncnc3cc4c(cc23)OCC(CCN2CCCC2)O4)c1F.Cc1cccc(Nc2ncnc3cc4c(cc23)OCC(CCN2CCCCC2)O4)c1F.Cc1cccc(Nc2ncnc3cc4c(cc23)OCC(CCN2CCN(C)CC2)O4)c1F. The van der Waals surface area contributed by atoms with Crippen LogP contribution in [0.5, 0.6) is 46.0 Å². The number of nitrogens with zero attached hydrogens (tertiary/aromatic N) is 13. The van der Waals surface area contributed by atoms with Crippen molar-refractivity contribution in [2.75, 3.05) is 147 Å². The number of aryl methyl sites for hydroxylation is 4. The van der Waals surface area contributed by atoms with Crippen LogP contribution in [0.15, 0.2) is 147 Å². The molecule has 29 heteroatoms. The number of anilines is 8. The van der Waals surface area contributed by atoms with Gasteiger partial charge in [-0.05, 0) is 171 Å². The van der Waals surface area contributed by atoms with Gasteiger partial charge >= 0.3 is 0 Å². The Morgan fingerprint density at radius 3 is 0.901 bits per heavy atom. The molecule has 7 aliphatic rings. The Labute approximate surface area is 701 Å². The average Bonchev–Trinajstić information content (AvgIpc) is 0.856. The van der Waals surface area contributed by atoms with Gasteiger partial charge in [0.1, 0.15) is 123 Å². The summed E-state index contributed by atoms with van der Waals surface area (Å²) < 4.78 is 107. The number of fused-ring (bicyclic) bond motifs is 8. The number of piperazine rings is 1. The van der Waals surface area contributed by atoms with Gasteiger partial charge < -0.3 is 83.7 Å². The summed E-state index contributed by atoms with van der Waals surface area (Å²) in [6.45, 7) is 22.1. The van der Waals surface area contributed by atoms with Crippen molar-refractivity contribution in [1.82, 2.24) is 64.4 Å². The normalized spacial score (nSPS) is 18.2. The Morgan fingerprint density at radius 1 is 0.339 bits per heavy atom. The average molecular weight is 1650 g/mol. The number of ether oxygens (including phenoxy) is 8. The summed E-state index contributed by atoms with van der Waals surface area (Å²) in [5.74, 6) is 6.38. The van der Waals surface area contributed by atoms with E-state index in [4.69, 9.17) is 37.9 Å². The summed E-state index contributed by atoms with van der Waals surface area (Å²) in [5, 5.41) is 15.4. The van der Waals surface area contributed by atoms with E-state index in [-0.39, 0.29) is 47.7 Å². The molecule has 0 aliphatic carbocycles. The number of nitrogens with one attached hydrogen (secondary N) is 4. The highest BCUT2D eigenvalue weighted by atomic mass is 19.1. The first-order valence-corrected chi connectivity index (χ1v) is 41.8. The van der Waals surface area contributed by atoms with Crippen molar-refractivity contribution in [3.05, 3.63) is 192 Å². The van der Waals surface area contributed by atoms with Crippen LogP contribution in [0, 0.1) is 51.0 Å². The summed E-state index contributed by atoms with van der Waals surface area (Å²) in [5.41, 5.74) is 6.69. The zero-order chi connectivity index (χ0) is 83.5. The van der Waals surface area contributed by atoms with E-state index in [2.05, 4.69) is 92.7 Å². The van der Waals surface area contributed by atoms with E-state index in [1.54, 1.807) is 82.3 Å². The van der Waals surface area contributed by atoms with Gasteiger partial charge in [-0.1, -0.05) is 55.0 Å². The van der Waals surface area contributed by atoms with Gasteiger partial charge in [0, 0.05) is 124 Å². The van der Waals surface area contributed by atoms with Crippen LogP contribution in [-0.4, -0.2) is 215 Å². The fourth-order valence-corrected chi connectivity index (χ4v) is 15.8. The zero-order valence-corrected chi connectivity index (χ0v) is 69.4. The van der Waals surface area contributed by atoms with Gasteiger partial charge in [0.25, 0.3) is 0 Å². The topological polar surface area (TPSA) is 241 Å². The molecule has 12 aromatic rings. The maximum atomic E-state index is 14.5.